The maximum Gasteiger partial charge on any atom is 0.240 e. The van der Waals surface area contributed by atoms with Crippen molar-refractivity contribution in [3.8, 4) is 0 Å². The van der Waals surface area contributed by atoms with E-state index in [4.69, 9.17) is 4.98 Å². The Morgan fingerprint density at radius 3 is 2.82 bits per heavy atom. The number of imidazole rings is 1. The molecule has 1 aromatic heterocycles. The second-order valence-corrected chi connectivity index (χ2v) is 8.69. The van der Waals surface area contributed by atoms with Crippen LogP contribution in [0.4, 0.5) is 0 Å². The van der Waals surface area contributed by atoms with Gasteiger partial charge in [-0.25, -0.2) is 4.98 Å². The van der Waals surface area contributed by atoms with Gasteiger partial charge in [0.1, 0.15) is 6.54 Å². The van der Waals surface area contributed by atoms with E-state index in [1.165, 1.54) is 18.2 Å². The Hall–Kier alpha value is -2.02. The summed E-state index contributed by atoms with van der Waals surface area (Å²) >= 11 is 1.44. The number of hydrogen-bond acceptors (Lipinski definition) is 4. The molecule has 2 amide bonds. The summed E-state index contributed by atoms with van der Waals surface area (Å²) in [5, 5.41) is 3.78. The Bertz CT molecular complexity index is 861. The van der Waals surface area contributed by atoms with E-state index < -0.39 is 0 Å². The van der Waals surface area contributed by atoms with Crippen molar-refractivity contribution in [1.29, 1.82) is 0 Å². The third-order valence-electron chi connectivity index (χ3n) is 5.61. The highest BCUT2D eigenvalue weighted by Crippen LogP contribution is 2.26. The Labute approximate surface area is 170 Å². The third-order valence-corrected chi connectivity index (χ3v) is 6.57. The Balaban J connectivity index is 1.48. The molecule has 0 radical (unpaired) electrons. The SMILES string of the molecule is CC[C@H]1CCCCN1C(=O)CSc1nc2ccccc2n1CC(=O)NC1CC1. The van der Waals surface area contributed by atoms with Crippen LogP contribution in [-0.2, 0) is 16.1 Å². The Kier molecular flexibility index (Phi) is 5.90. The van der Waals surface area contributed by atoms with Crippen LogP contribution < -0.4 is 5.32 Å². The highest BCUT2D eigenvalue weighted by molar-refractivity contribution is 7.99. The molecule has 1 saturated carbocycles. The van der Waals surface area contributed by atoms with Crippen molar-refractivity contribution in [2.24, 2.45) is 0 Å². The summed E-state index contributed by atoms with van der Waals surface area (Å²) in [6, 6.07) is 8.54. The Morgan fingerprint density at radius 2 is 2.04 bits per heavy atom. The number of amides is 2. The van der Waals surface area contributed by atoms with E-state index in [2.05, 4.69) is 12.2 Å². The zero-order valence-corrected chi connectivity index (χ0v) is 17.2. The number of hydrogen-bond donors (Lipinski definition) is 1. The number of carbonyl (C=O) groups is 2. The largest absolute Gasteiger partial charge is 0.352 e. The van der Waals surface area contributed by atoms with Gasteiger partial charge in [-0.05, 0) is 50.7 Å². The van der Waals surface area contributed by atoms with Gasteiger partial charge in [-0.1, -0.05) is 30.8 Å². The predicted octanol–water partition coefficient (Wildman–Crippen LogP) is 3.20. The predicted molar refractivity (Wildman–Crippen MR) is 111 cm³/mol. The average molecular weight is 401 g/mol. The summed E-state index contributed by atoms with van der Waals surface area (Å²) < 4.78 is 1.94. The molecule has 2 aromatic rings. The van der Waals surface area contributed by atoms with Gasteiger partial charge in [0.25, 0.3) is 0 Å². The number of nitrogens with one attached hydrogen (secondary N) is 1. The number of benzene rings is 1. The molecule has 0 unspecified atom stereocenters. The number of thioether (sulfide) groups is 1. The molecule has 1 aliphatic heterocycles. The van der Waals surface area contributed by atoms with Gasteiger partial charge in [0.2, 0.25) is 11.8 Å². The van der Waals surface area contributed by atoms with E-state index in [1.807, 2.05) is 33.7 Å². The minimum atomic E-state index is 0.0147. The summed E-state index contributed by atoms with van der Waals surface area (Å²) in [6.45, 7) is 3.26. The minimum absolute atomic E-state index is 0.0147. The van der Waals surface area contributed by atoms with Gasteiger partial charge in [-0.2, -0.15) is 0 Å². The molecule has 2 fully saturated rings. The molecule has 150 valence electrons. The molecule has 1 N–H and O–H groups in total. The molecular formula is C21H28N4O2S. The van der Waals surface area contributed by atoms with Gasteiger partial charge in [0.05, 0.1) is 16.8 Å². The molecule has 2 heterocycles. The summed E-state index contributed by atoms with van der Waals surface area (Å²) in [6.07, 6.45) is 6.55. The van der Waals surface area contributed by atoms with Crippen LogP contribution >= 0.6 is 11.8 Å². The zero-order chi connectivity index (χ0) is 19.5. The second kappa shape index (κ2) is 8.55. The molecule has 1 saturated heterocycles. The van der Waals surface area contributed by atoms with Crippen LogP contribution in [0.3, 0.4) is 0 Å². The topological polar surface area (TPSA) is 67.2 Å². The fourth-order valence-electron chi connectivity index (χ4n) is 3.92. The smallest absolute Gasteiger partial charge is 0.240 e. The fraction of sp³-hybridized carbons (Fsp3) is 0.571. The number of piperidine rings is 1. The van der Waals surface area contributed by atoms with Crippen LogP contribution in [0.5, 0.6) is 0 Å². The summed E-state index contributed by atoms with van der Waals surface area (Å²) in [5.41, 5.74) is 1.80. The van der Waals surface area contributed by atoms with Crippen molar-refractivity contribution >= 4 is 34.6 Å². The minimum Gasteiger partial charge on any atom is -0.352 e. The van der Waals surface area contributed by atoms with Crippen molar-refractivity contribution in [3.63, 3.8) is 0 Å². The van der Waals surface area contributed by atoms with Crippen LogP contribution in [0.15, 0.2) is 29.4 Å². The van der Waals surface area contributed by atoms with Gasteiger partial charge in [0, 0.05) is 18.6 Å². The number of fused-ring (bicyclic) bond motifs is 1. The second-order valence-electron chi connectivity index (χ2n) is 7.74. The van der Waals surface area contributed by atoms with Crippen molar-refractivity contribution in [3.05, 3.63) is 24.3 Å². The lowest BCUT2D eigenvalue weighted by Crippen LogP contribution is -2.44. The van der Waals surface area contributed by atoms with Crippen LogP contribution in [0, 0.1) is 0 Å². The van der Waals surface area contributed by atoms with Crippen molar-refractivity contribution in [2.45, 2.75) is 69.2 Å². The fourth-order valence-corrected chi connectivity index (χ4v) is 4.82. The number of aromatic nitrogens is 2. The van der Waals surface area contributed by atoms with Crippen molar-refractivity contribution in [2.75, 3.05) is 12.3 Å². The monoisotopic (exact) mass is 400 g/mol. The maximum atomic E-state index is 12.8. The molecule has 4 rings (SSSR count). The lowest BCUT2D eigenvalue weighted by Gasteiger charge is -2.35. The first-order chi connectivity index (χ1) is 13.7. The van der Waals surface area contributed by atoms with Crippen molar-refractivity contribution in [1.82, 2.24) is 19.8 Å². The van der Waals surface area contributed by atoms with Gasteiger partial charge in [-0.15, -0.1) is 0 Å². The van der Waals surface area contributed by atoms with E-state index >= 15 is 0 Å². The van der Waals surface area contributed by atoms with Crippen LogP contribution in [0.25, 0.3) is 11.0 Å². The standard InChI is InChI=1S/C21H28N4O2S/c1-2-16-7-5-6-12-24(16)20(27)14-28-21-23-17-8-3-4-9-18(17)25(21)13-19(26)22-15-10-11-15/h3-4,8-9,15-16H,2,5-7,10-14H2,1H3,(H,22,26)/t16-/m0/s1. The number of para-hydroxylation sites is 2. The van der Waals surface area contributed by atoms with Gasteiger partial charge in [-0.3, -0.25) is 9.59 Å². The first-order valence-electron chi connectivity index (χ1n) is 10.3. The van der Waals surface area contributed by atoms with E-state index in [9.17, 15) is 9.59 Å². The van der Waals surface area contributed by atoms with Gasteiger partial charge >= 0.3 is 0 Å². The first-order valence-corrected chi connectivity index (χ1v) is 11.3. The zero-order valence-electron chi connectivity index (χ0n) is 16.4. The molecule has 1 atom stereocenters. The Morgan fingerprint density at radius 1 is 1.21 bits per heavy atom. The highest BCUT2D eigenvalue weighted by Gasteiger charge is 2.27. The highest BCUT2D eigenvalue weighted by atomic mass is 32.2. The number of likely N-dealkylation sites (tertiary alicyclic amines) is 1. The van der Waals surface area contributed by atoms with E-state index in [1.54, 1.807) is 0 Å². The maximum absolute atomic E-state index is 12.8. The van der Waals surface area contributed by atoms with Gasteiger partial charge in [0.15, 0.2) is 5.16 Å². The molecule has 28 heavy (non-hydrogen) atoms. The van der Waals surface area contributed by atoms with Gasteiger partial charge < -0.3 is 14.8 Å². The normalized spacial score (nSPS) is 19.8. The number of carbonyl (C=O) groups excluding carboxylic acids is 2. The molecule has 6 nitrogen and oxygen atoms in total. The third kappa shape index (κ3) is 4.35. The van der Waals surface area contributed by atoms with Crippen LogP contribution in [0.1, 0.15) is 45.4 Å². The van der Waals surface area contributed by atoms with E-state index in [0.717, 1.165) is 54.8 Å². The summed E-state index contributed by atoms with van der Waals surface area (Å²) in [7, 11) is 0. The quantitative estimate of drug-likeness (QED) is 0.725. The number of rotatable bonds is 7. The molecule has 0 bridgehead atoms. The average Bonchev–Trinajstić information content (AvgIpc) is 3.46. The lowest BCUT2D eigenvalue weighted by molar-refractivity contribution is -0.132. The first kappa shape index (κ1) is 19.3. The summed E-state index contributed by atoms with van der Waals surface area (Å²) in [5.74, 6) is 0.558. The van der Waals surface area contributed by atoms with E-state index in [0.29, 0.717) is 17.8 Å². The molecule has 1 aromatic carbocycles. The van der Waals surface area contributed by atoms with Crippen LogP contribution in [-0.4, -0.2) is 50.6 Å². The van der Waals surface area contributed by atoms with Crippen molar-refractivity contribution < 1.29 is 9.59 Å². The molecular weight excluding hydrogens is 372 g/mol. The molecule has 0 spiro atoms. The van der Waals surface area contributed by atoms with E-state index in [-0.39, 0.29) is 18.4 Å². The lowest BCUT2D eigenvalue weighted by atomic mass is 10.0. The molecule has 7 heteroatoms. The number of nitrogens with zero attached hydrogens (tertiary/aromatic N) is 3. The van der Waals surface area contributed by atoms with Crippen LogP contribution in [0.2, 0.25) is 0 Å². The summed E-state index contributed by atoms with van der Waals surface area (Å²) in [4.78, 5) is 31.9. The molecule has 2 aliphatic rings. The molecule has 1 aliphatic carbocycles.